The van der Waals surface area contributed by atoms with Crippen LogP contribution in [0.4, 0.5) is 5.69 Å². The van der Waals surface area contributed by atoms with Crippen LogP contribution >= 0.6 is 11.3 Å². The van der Waals surface area contributed by atoms with Crippen molar-refractivity contribution in [3.63, 3.8) is 0 Å². The predicted octanol–water partition coefficient (Wildman–Crippen LogP) is 8.10. The lowest BCUT2D eigenvalue weighted by Crippen LogP contribution is -2.31. The van der Waals surface area contributed by atoms with E-state index in [1.807, 2.05) is 102 Å². The van der Waals surface area contributed by atoms with Crippen molar-refractivity contribution in [2.45, 2.75) is 25.9 Å². The van der Waals surface area contributed by atoms with Crippen LogP contribution in [0.1, 0.15) is 44.0 Å². The van der Waals surface area contributed by atoms with Gasteiger partial charge >= 0.3 is 5.97 Å². The van der Waals surface area contributed by atoms with Gasteiger partial charge in [-0.2, -0.15) is 0 Å². The van der Waals surface area contributed by atoms with Crippen molar-refractivity contribution in [1.29, 1.82) is 0 Å². The smallest absolute Gasteiger partial charge is 0.339 e. The number of hydrogen-bond donors (Lipinski definition) is 3. The van der Waals surface area contributed by atoms with Gasteiger partial charge in [-0.05, 0) is 72.1 Å². The minimum Gasteiger partial charge on any atom is -0.507 e. The van der Waals surface area contributed by atoms with E-state index in [9.17, 15) is 24.6 Å². The lowest BCUT2D eigenvalue weighted by Gasteiger charge is -2.23. The first kappa shape index (κ1) is 33.6. The molecule has 0 unspecified atom stereocenters. The Labute approximate surface area is 293 Å². The Morgan fingerprint density at radius 3 is 2.16 bits per heavy atom. The normalized spacial score (nSPS) is 10.7. The van der Waals surface area contributed by atoms with Crippen molar-refractivity contribution in [1.82, 2.24) is 10.3 Å². The number of aromatic hydroxyl groups is 1. The van der Waals surface area contributed by atoms with Crippen LogP contribution in [0.2, 0.25) is 0 Å². The molecule has 0 spiro atoms. The average Bonchev–Trinajstić information content (AvgIpc) is 3.62. The van der Waals surface area contributed by atoms with Gasteiger partial charge in [-0.25, -0.2) is 9.78 Å². The van der Waals surface area contributed by atoms with Crippen molar-refractivity contribution in [2.24, 2.45) is 0 Å². The third kappa shape index (κ3) is 8.60. The topological polar surface area (TPSA) is 129 Å². The molecule has 0 aliphatic heterocycles. The number of amides is 2. The zero-order valence-electron chi connectivity index (χ0n) is 26.9. The quantitative estimate of drug-likeness (QED) is 0.112. The number of anilines is 1. The Bertz CT molecular complexity index is 2080. The summed E-state index contributed by atoms with van der Waals surface area (Å²) in [5, 5.41) is 25.1. The predicted molar refractivity (Wildman–Crippen MR) is 193 cm³/mol. The highest BCUT2D eigenvalue weighted by Crippen LogP contribution is 2.29. The molecule has 0 saturated heterocycles. The SMILES string of the molecule is O=C(NCc1ccc(Oc2ccccc2)cc1)c1ccc(-c2nc(CN(C(=O)CCc3ccccc3)c3ccc(O)c(C(=O)O)c3)cs2)cc1. The van der Waals surface area contributed by atoms with Crippen LogP contribution < -0.4 is 15.0 Å². The number of thiazole rings is 1. The summed E-state index contributed by atoms with van der Waals surface area (Å²) in [4.78, 5) is 44.4. The first-order chi connectivity index (χ1) is 24.3. The van der Waals surface area contributed by atoms with Gasteiger partial charge < -0.3 is 25.2 Å². The number of nitrogens with zero attached hydrogens (tertiary/aromatic N) is 2. The molecule has 0 saturated carbocycles. The summed E-state index contributed by atoms with van der Waals surface area (Å²) in [5.74, 6) is -0.630. The van der Waals surface area contributed by atoms with Crippen LogP contribution in [0, 0.1) is 0 Å². The standard InChI is InChI=1S/C40H33N3O6S/c44-36-21-18-32(23-35(36)40(47)48)43(37(45)22-13-27-7-3-1-4-8-27)25-31-26-50-39(42-31)30-16-14-29(15-17-30)38(46)41-24-28-11-19-34(20-12-28)49-33-9-5-2-6-10-33/h1-12,14-21,23,26,44H,13,22,24-25H2,(H,41,46)(H,47,48). The molecule has 0 atom stereocenters. The number of carbonyl (C=O) groups is 3. The number of aromatic carboxylic acids is 1. The summed E-state index contributed by atoms with van der Waals surface area (Å²) in [6.45, 7) is 0.464. The minimum atomic E-state index is -1.29. The maximum atomic E-state index is 13.5. The van der Waals surface area contributed by atoms with Crippen molar-refractivity contribution in [2.75, 3.05) is 4.90 Å². The highest BCUT2D eigenvalue weighted by atomic mass is 32.1. The minimum absolute atomic E-state index is 0.105. The molecule has 6 rings (SSSR count). The third-order valence-electron chi connectivity index (χ3n) is 7.91. The number of aryl methyl sites for hydroxylation is 1. The number of carbonyl (C=O) groups excluding carboxylic acids is 2. The maximum Gasteiger partial charge on any atom is 0.339 e. The Morgan fingerprint density at radius 2 is 1.46 bits per heavy atom. The highest BCUT2D eigenvalue weighted by Gasteiger charge is 2.21. The number of aromatic nitrogens is 1. The van der Waals surface area contributed by atoms with Crippen molar-refractivity contribution in [3.8, 4) is 27.8 Å². The summed E-state index contributed by atoms with van der Waals surface area (Å²) in [6, 6.07) is 37.9. The van der Waals surface area contributed by atoms with Crippen molar-refractivity contribution in [3.05, 3.63) is 161 Å². The van der Waals surface area contributed by atoms with E-state index in [0.29, 0.717) is 40.7 Å². The van der Waals surface area contributed by atoms with E-state index in [1.54, 1.807) is 12.1 Å². The lowest BCUT2D eigenvalue weighted by atomic mass is 10.1. The molecular weight excluding hydrogens is 651 g/mol. The fourth-order valence-corrected chi connectivity index (χ4v) is 6.06. The first-order valence-corrected chi connectivity index (χ1v) is 16.8. The Kier molecular flexibility index (Phi) is 10.6. The van der Waals surface area contributed by atoms with Gasteiger partial charge in [-0.15, -0.1) is 11.3 Å². The van der Waals surface area contributed by atoms with E-state index in [2.05, 4.69) is 5.32 Å². The van der Waals surface area contributed by atoms with Gasteiger partial charge in [0.15, 0.2) is 0 Å². The Balaban J connectivity index is 1.10. The van der Waals surface area contributed by atoms with E-state index >= 15 is 0 Å². The van der Waals surface area contributed by atoms with E-state index in [-0.39, 0.29) is 36.1 Å². The van der Waals surface area contributed by atoms with E-state index in [1.165, 1.54) is 34.4 Å². The van der Waals surface area contributed by atoms with Crippen molar-refractivity contribution >= 4 is 34.8 Å². The summed E-state index contributed by atoms with van der Waals surface area (Å²) in [7, 11) is 0. The molecule has 50 heavy (non-hydrogen) atoms. The molecule has 250 valence electrons. The average molecular weight is 684 g/mol. The van der Waals surface area contributed by atoms with Gasteiger partial charge in [-0.1, -0.05) is 72.8 Å². The van der Waals surface area contributed by atoms with Crippen LogP contribution in [0.3, 0.4) is 0 Å². The number of para-hydroxylation sites is 1. The number of benzene rings is 5. The molecule has 10 heteroatoms. The molecule has 5 aromatic carbocycles. The fraction of sp³-hybridized carbons (Fsp3) is 0.100. The van der Waals surface area contributed by atoms with E-state index in [0.717, 1.165) is 22.4 Å². The zero-order chi connectivity index (χ0) is 34.9. The van der Waals surface area contributed by atoms with Crippen LogP contribution in [-0.2, 0) is 24.3 Å². The summed E-state index contributed by atoms with van der Waals surface area (Å²) < 4.78 is 5.83. The zero-order valence-corrected chi connectivity index (χ0v) is 27.7. The number of carboxylic acids is 1. The number of ether oxygens (including phenoxy) is 1. The second-order valence-corrected chi connectivity index (χ2v) is 12.3. The molecule has 1 heterocycles. The molecule has 6 aromatic rings. The largest absolute Gasteiger partial charge is 0.507 e. The van der Waals surface area contributed by atoms with Gasteiger partial charge in [-0.3, -0.25) is 9.59 Å². The summed E-state index contributed by atoms with van der Waals surface area (Å²) in [6.07, 6.45) is 0.708. The summed E-state index contributed by atoms with van der Waals surface area (Å²) >= 11 is 1.40. The van der Waals surface area contributed by atoms with Crippen LogP contribution in [0.25, 0.3) is 10.6 Å². The molecule has 1 aromatic heterocycles. The summed E-state index contributed by atoms with van der Waals surface area (Å²) in [5.41, 5.74) is 3.93. The van der Waals surface area contributed by atoms with Gasteiger partial charge in [0.1, 0.15) is 27.8 Å². The van der Waals surface area contributed by atoms with E-state index < -0.39 is 5.97 Å². The second kappa shape index (κ2) is 15.8. The van der Waals surface area contributed by atoms with Crippen LogP contribution in [-0.4, -0.2) is 33.0 Å². The number of hydrogen-bond acceptors (Lipinski definition) is 7. The van der Waals surface area contributed by atoms with Crippen LogP contribution in [0.15, 0.2) is 133 Å². The molecule has 9 nitrogen and oxygen atoms in total. The van der Waals surface area contributed by atoms with Gasteiger partial charge in [0.2, 0.25) is 5.91 Å². The molecule has 0 aliphatic carbocycles. The molecular formula is C40H33N3O6S. The van der Waals surface area contributed by atoms with Gasteiger partial charge in [0, 0.05) is 35.2 Å². The lowest BCUT2D eigenvalue weighted by molar-refractivity contribution is -0.118. The number of carboxylic acid groups (broad SMARTS) is 1. The molecule has 3 N–H and O–H groups in total. The van der Waals surface area contributed by atoms with Gasteiger partial charge in [0.25, 0.3) is 5.91 Å². The van der Waals surface area contributed by atoms with Crippen molar-refractivity contribution < 1.29 is 29.3 Å². The molecule has 0 bridgehead atoms. The van der Waals surface area contributed by atoms with Gasteiger partial charge in [0.05, 0.1) is 12.2 Å². The molecule has 0 aliphatic rings. The second-order valence-electron chi connectivity index (χ2n) is 11.4. The highest BCUT2D eigenvalue weighted by molar-refractivity contribution is 7.13. The van der Waals surface area contributed by atoms with E-state index in [4.69, 9.17) is 9.72 Å². The molecule has 0 radical (unpaired) electrons. The Hall–Kier alpha value is -6.26. The Morgan fingerprint density at radius 1 is 0.780 bits per heavy atom. The first-order valence-electron chi connectivity index (χ1n) is 15.9. The maximum absolute atomic E-state index is 13.5. The fourth-order valence-electron chi connectivity index (χ4n) is 5.24. The number of phenols is 1. The number of nitrogens with one attached hydrogen (secondary N) is 1. The molecule has 0 fully saturated rings. The molecule has 2 amide bonds. The third-order valence-corrected chi connectivity index (χ3v) is 8.86. The monoisotopic (exact) mass is 683 g/mol. The van der Waals surface area contributed by atoms with Crippen LogP contribution in [0.5, 0.6) is 17.2 Å². The number of rotatable bonds is 13.